The third kappa shape index (κ3) is 5.94. The molecule has 0 aliphatic heterocycles. The molecule has 0 saturated carbocycles. The summed E-state index contributed by atoms with van der Waals surface area (Å²) in [7, 11) is 0.147. The molecule has 2 aromatic rings. The lowest BCUT2D eigenvalue weighted by atomic mass is 10.0. The summed E-state index contributed by atoms with van der Waals surface area (Å²) in [6, 6.07) is 21.0. The van der Waals surface area contributed by atoms with Gasteiger partial charge in [0.05, 0.1) is 6.61 Å². The zero-order chi connectivity index (χ0) is 19.0. The molecule has 0 radical (unpaired) electrons. The van der Waals surface area contributed by atoms with Gasteiger partial charge in [0.25, 0.3) is 0 Å². The molecule has 0 unspecified atom stereocenters. The van der Waals surface area contributed by atoms with E-state index in [1.807, 2.05) is 18.2 Å². The number of allylic oxidation sites excluding steroid dienone is 2. The summed E-state index contributed by atoms with van der Waals surface area (Å²) >= 11 is 0. The van der Waals surface area contributed by atoms with E-state index in [-0.39, 0.29) is 6.10 Å². The second kappa shape index (κ2) is 9.86. The summed E-state index contributed by atoms with van der Waals surface area (Å²) in [5, 5.41) is 1.49. The number of benzene rings is 2. The quantitative estimate of drug-likeness (QED) is 0.511. The highest BCUT2D eigenvalue weighted by atomic mass is 28.3. The molecule has 0 aromatic heterocycles. The first kappa shape index (κ1) is 20.6. The van der Waals surface area contributed by atoms with Crippen LogP contribution >= 0.6 is 0 Å². The summed E-state index contributed by atoms with van der Waals surface area (Å²) < 4.78 is 11.7. The standard InChI is InChI=1S/C23H32O2Si/c1-19(21-12-8-6-9-13-21)16-20(2)26(4,5)18-25-17-23(24-3)22-14-10-7-11-15-22/h6-16,19,23H,17-18H2,1-5H3/b20-16-/t19-,23+/m0/s1. The van der Waals surface area contributed by atoms with Gasteiger partial charge >= 0.3 is 0 Å². The highest BCUT2D eigenvalue weighted by molar-refractivity contribution is 6.84. The van der Waals surface area contributed by atoms with Gasteiger partial charge in [-0.1, -0.05) is 92.0 Å². The van der Waals surface area contributed by atoms with Crippen molar-refractivity contribution < 1.29 is 9.47 Å². The van der Waals surface area contributed by atoms with E-state index < -0.39 is 8.07 Å². The van der Waals surface area contributed by atoms with Gasteiger partial charge in [0.15, 0.2) is 0 Å². The van der Waals surface area contributed by atoms with Crippen molar-refractivity contribution in [3.8, 4) is 0 Å². The van der Waals surface area contributed by atoms with Gasteiger partial charge in [0.2, 0.25) is 0 Å². The molecule has 0 heterocycles. The molecule has 0 saturated heterocycles. The van der Waals surface area contributed by atoms with Gasteiger partial charge in [-0.05, 0) is 24.0 Å². The van der Waals surface area contributed by atoms with Crippen LogP contribution in [0, 0.1) is 0 Å². The van der Waals surface area contributed by atoms with Gasteiger partial charge in [0, 0.05) is 13.3 Å². The Kier molecular flexibility index (Phi) is 7.82. The van der Waals surface area contributed by atoms with E-state index in [0.29, 0.717) is 12.5 Å². The first-order valence-electron chi connectivity index (χ1n) is 9.33. The summed E-state index contributed by atoms with van der Waals surface area (Å²) in [5.41, 5.74) is 2.53. The maximum atomic E-state index is 6.11. The monoisotopic (exact) mass is 368 g/mol. The van der Waals surface area contributed by atoms with Crippen molar-refractivity contribution in [1.82, 2.24) is 0 Å². The lowest BCUT2D eigenvalue weighted by Gasteiger charge is -2.26. The fourth-order valence-electron chi connectivity index (χ4n) is 2.96. The Labute approximate surface area is 159 Å². The molecule has 0 bridgehead atoms. The van der Waals surface area contributed by atoms with Gasteiger partial charge in [-0.15, -0.1) is 0 Å². The topological polar surface area (TPSA) is 18.5 Å². The van der Waals surface area contributed by atoms with E-state index >= 15 is 0 Å². The van der Waals surface area contributed by atoms with Gasteiger partial charge in [-0.25, -0.2) is 0 Å². The van der Waals surface area contributed by atoms with Crippen LogP contribution < -0.4 is 0 Å². The van der Waals surface area contributed by atoms with Crippen molar-refractivity contribution in [3.63, 3.8) is 0 Å². The second-order valence-corrected chi connectivity index (χ2v) is 12.4. The predicted octanol–water partition coefficient (Wildman–Crippen LogP) is 5.93. The third-order valence-electron chi connectivity index (χ3n) is 5.08. The molecule has 3 heteroatoms. The maximum Gasteiger partial charge on any atom is 0.105 e. The van der Waals surface area contributed by atoms with Crippen LogP contribution in [0.1, 0.15) is 37.0 Å². The van der Waals surface area contributed by atoms with Crippen molar-refractivity contribution >= 4 is 8.07 Å². The molecule has 0 spiro atoms. The molecule has 140 valence electrons. The lowest BCUT2D eigenvalue weighted by molar-refractivity contribution is 0.0199. The zero-order valence-electron chi connectivity index (χ0n) is 16.7. The van der Waals surface area contributed by atoms with Crippen LogP contribution in [0.2, 0.25) is 13.1 Å². The van der Waals surface area contributed by atoms with Crippen molar-refractivity contribution in [2.24, 2.45) is 0 Å². The lowest BCUT2D eigenvalue weighted by Crippen LogP contribution is -2.36. The SMILES string of the molecule is CO[C@H](COC[Si](C)(C)/C(C)=C\[C@H](C)c1ccccc1)c1ccccc1. The van der Waals surface area contributed by atoms with Crippen molar-refractivity contribution in [2.45, 2.75) is 39.0 Å². The molecule has 26 heavy (non-hydrogen) atoms. The third-order valence-corrected chi connectivity index (χ3v) is 8.31. The largest absolute Gasteiger partial charge is 0.381 e. The average Bonchev–Trinajstić information content (AvgIpc) is 2.66. The van der Waals surface area contributed by atoms with E-state index in [1.54, 1.807) is 7.11 Å². The predicted molar refractivity (Wildman–Crippen MR) is 113 cm³/mol. The highest BCUT2D eigenvalue weighted by Crippen LogP contribution is 2.24. The number of ether oxygens (including phenoxy) is 2. The van der Waals surface area contributed by atoms with E-state index in [0.717, 1.165) is 6.23 Å². The molecule has 2 nitrogen and oxygen atoms in total. The number of methoxy groups -OCH3 is 1. The Morgan fingerprint density at radius 3 is 2.04 bits per heavy atom. The minimum atomic E-state index is -1.60. The van der Waals surface area contributed by atoms with Gasteiger partial charge in [-0.3, -0.25) is 0 Å². The van der Waals surface area contributed by atoms with E-state index in [9.17, 15) is 0 Å². The summed E-state index contributed by atoms with van der Waals surface area (Å²) in [6.07, 6.45) is 3.22. The molecule has 2 aromatic carbocycles. The fourth-order valence-corrected chi connectivity index (χ4v) is 4.51. The number of hydrogen-bond donors (Lipinski definition) is 0. The Hall–Kier alpha value is -1.68. The Bertz CT molecular complexity index is 680. The molecule has 2 rings (SSSR count). The second-order valence-electron chi connectivity index (χ2n) is 7.58. The van der Waals surface area contributed by atoms with Gasteiger partial charge < -0.3 is 9.47 Å². The van der Waals surface area contributed by atoms with Crippen LogP contribution in [0.5, 0.6) is 0 Å². The molecule has 2 atom stereocenters. The Balaban J connectivity index is 1.93. The van der Waals surface area contributed by atoms with E-state index in [2.05, 4.69) is 75.5 Å². The molecule has 0 aliphatic carbocycles. The van der Waals surface area contributed by atoms with Crippen LogP contribution in [0.15, 0.2) is 71.9 Å². The first-order valence-corrected chi connectivity index (χ1v) is 12.5. The molecule has 0 fully saturated rings. The van der Waals surface area contributed by atoms with Crippen LogP contribution in [-0.2, 0) is 9.47 Å². The average molecular weight is 369 g/mol. The molecular weight excluding hydrogens is 336 g/mol. The maximum absolute atomic E-state index is 6.11. The van der Waals surface area contributed by atoms with Gasteiger partial charge in [0.1, 0.15) is 14.2 Å². The Morgan fingerprint density at radius 1 is 0.962 bits per heavy atom. The van der Waals surface area contributed by atoms with E-state index in [4.69, 9.17) is 9.47 Å². The Morgan fingerprint density at radius 2 is 1.50 bits per heavy atom. The minimum Gasteiger partial charge on any atom is -0.381 e. The van der Waals surface area contributed by atoms with Crippen LogP contribution in [0.3, 0.4) is 0 Å². The van der Waals surface area contributed by atoms with Crippen molar-refractivity contribution in [1.29, 1.82) is 0 Å². The summed E-state index contributed by atoms with van der Waals surface area (Å²) in [4.78, 5) is 0. The minimum absolute atomic E-state index is 0.00599. The van der Waals surface area contributed by atoms with Gasteiger partial charge in [-0.2, -0.15) is 0 Å². The van der Waals surface area contributed by atoms with Crippen LogP contribution in [-0.4, -0.2) is 28.0 Å². The van der Waals surface area contributed by atoms with Crippen molar-refractivity contribution in [3.05, 3.63) is 83.1 Å². The normalized spacial score (nSPS) is 14.9. The fraction of sp³-hybridized carbons (Fsp3) is 0.391. The molecular formula is C23H32O2Si. The summed E-state index contributed by atoms with van der Waals surface area (Å²) in [5.74, 6) is 0.430. The van der Waals surface area contributed by atoms with Crippen molar-refractivity contribution in [2.75, 3.05) is 19.9 Å². The molecule has 0 aliphatic rings. The summed E-state index contributed by atoms with van der Waals surface area (Å²) in [6.45, 7) is 9.88. The van der Waals surface area contributed by atoms with E-state index in [1.165, 1.54) is 16.3 Å². The molecule has 0 amide bonds. The smallest absolute Gasteiger partial charge is 0.105 e. The first-order chi connectivity index (χ1) is 12.4. The number of hydrogen-bond acceptors (Lipinski definition) is 2. The highest BCUT2D eigenvalue weighted by Gasteiger charge is 2.25. The molecule has 0 N–H and O–H groups in total. The zero-order valence-corrected chi connectivity index (χ0v) is 17.7. The van der Waals surface area contributed by atoms with Crippen LogP contribution in [0.4, 0.5) is 0 Å². The number of rotatable bonds is 9. The van der Waals surface area contributed by atoms with Crippen LogP contribution in [0.25, 0.3) is 0 Å².